The normalized spacial score (nSPS) is 15.3. The van der Waals surface area contributed by atoms with Crippen LogP contribution in [0.2, 0.25) is 0 Å². The average Bonchev–Trinajstić information content (AvgIpc) is 3.18. The van der Waals surface area contributed by atoms with E-state index in [4.69, 9.17) is 20.7 Å². The summed E-state index contributed by atoms with van der Waals surface area (Å²) in [5.41, 5.74) is 8.61. The van der Waals surface area contributed by atoms with Crippen molar-refractivity contribution in [2.24, 2.45) is 0 Å². The van der Waals surface area contributed by atoms with E-state index in [1.165, 1.54) is 13.4 Å². The number of hydrogen-bond acceptors (Lipinski definition) is 8. The number of amides is 1. The van der Waals surface area contributed by atoms with Crippen LogP contribution in [0.5, 0.6) is 5.75 Å². The van der Waals surface area contributed by atoms with E-state index in [2.05, 4.69) is 39.2 Å². The molecule has 0 unspecified atom stereocenters. The topological polar surface area (TPSA) is 135 Å². The lowest BCUT2D eigenvalue weighted by Crippen LogP contribution is -2.42. The molecule has 4 N–H and O–H groups in total. The number of nitrogen functional groups attached to an aromatic ring is 1. The second-order valence-corrected chi connectivity index (χ2v) is 8.41. The zero-order valence-corrected chi connectivity index (χ0v) is 19.2. The molecule has 3 heterocycles. The molecule has 0 bridgehead atoms. The van der Waals surface area contributed by atoms with Gasteiger partial charge in [0.15, 0.2) is 5.65 Å². The van der Waals surface area contributed by atoms with Crippen molar-refractivity contribution < 1.29 is 14.6 Å². The van der Waals surface area contributed by atoms with Crippen molar-refractivity contribution in [1.29, 1.82) is 0 Å². The number of carbonyl (C=O) groups is 1. The van der Waals surface area contributed by atoms with Crippen LogP contribution in [0.25, 0.3) is 22.3 Å². The molecule has 0 radical (unpaired) electrons. The van der Waals surface area contributed by atoms with Gasteiger partial charge in [-0.1, -0.05) is 6.07 Å². The Hall–Kier alpha value is -3.44. The van der Waals surface area contributed by atoms with Gasteiger partial charge in [0.05, 0.1) is 24.7 Å². The van der Waals surface area contributed by atoms with Gasteiger partial charge in [0.1, 0.15) is 23.6 Å². The van der Waals surface area contributed by atoms with Crippen LogP contribution in [0, 0.1) is 0 Å². The van der Waals surface area contributed by atoms with Crippen LogP contribution in [-0.2, 0) is 6.54 Å². The minimum absolute atomic E-state index is 0.347. The molecular weight excluding hydrogens is 424 g/mol. The molecule has 0 atom stereocenters. The Morgan fingerprint density at radius 2 is 2.03 bits per heavy atom. The van der Waals surface area contributed by atoms with Gasteiger partial charge in [-0.15, -0.1) is 0 Å². The lowest BCUT2D eigenvalue weighted by atomic mass is 10.0. The number of fused-ring (bicyclic) bond motifs is 1. The maximum absolute atomic E-state index is 11.0. The molecule has 33 heavy (non-hydrogen) atoms. The summed E-state index contributed by atoms with van der Waals surface area (Å²) in [6, 6.07) is 5.79. The lowest BCUT2D eigenvalue weighted by Gasteiger charge is -2.35. The van der Waals surface area contributed by atoms with Gasteiger partial charge in [0.2, 0.25) is 0 Å². The number of piperidine rings is 1. The number of nitrogens with one attached hydrogen (secondary N) is 1. The third-order valence-electron chi connectivity index (χ3n) is 6.19. The fourth-order valence-electron chi connectivity index (χ4n) is 4.34. The molecule has 1 amide bonds. The van der Waals surface area contributed by atoms with Crippen LogP contribution >= 0.6 is 0 Å². The Balaban J connectivity index is 1.61. The molecule has 1 aromatic carbocycles. The van der Waals surface area contributed by atoms with Gasteiger partial charge in [-0.2, -0.15) is 5.10 Å². The van der Waals surface area contributed by atoms with Crippen LogP contribution in [0.1, 0.15) is 12.8 Å². The zero-order valence-electron chi connectivity index (χ0n) is 19.2. The Morgan fingerprint density at radius 1 is 1.27 bits per heavy atom. The van der Waals surface area contributed by atoms with Gasteiger partial charge in [-0.25, -0.2) is 19.4 Å². The predicted molar refractivity (Wildman–Crippen MR) is 127 cm³/mol. The monoisotopic (exact) mass is 454 g/mol. The molecule has 0 spiro atoms. The second kappa shape index (κ2) is 9.59. The van der Waals surface area contributed by atoms with Crippen molar-refractivity contribution in [3.05, 3.63) is 24.5 Å². The van der Waals surface area contributed by atoms with E-state index in [9.17, 15) is 4.79 Å². The van der Waals surface area contributed by atoms with Gasteiger partial charge >= 0.3 is 6.09 Å². The smallest absolute Gasteiger partial charge is 0.409 e. The first-order valence-electron chi connectivity index (χ1n) is 10.9. The molecule has 1 aliphatic rings. The zero-order chi connectivity index (χ0) is 23.5. The van der Waals surface area contributed by atoms with Crippen LogP contribution < -0.4 is 15.8 Å². The summed E-state index contributed by atoms with van der Waals surface area (Å²) in [6.45, 7) is 3.66. The minimum atomic E-state index is -1.16. The lowest BCUT2D eigenvalue weighted by molar-refractivity contribution is 0.141. The molecule has 0 aliphatic carbocycles. The summed E-state index contributed by atoms with van der Waals surface area (Å²) in [5, 5.41) is 16.9. The van der Waals surface area contributed by atoms with Crippen molar-refractivity contribution >= 4 is 28.6 Å². The summed E-state index contributed by atoms with van der Waals surface area (Å²) in [4.78, 5) is 24.4. The molecule has 11 heteroatoms. The number of ether oxygens (including phenoxy) is 1. The van der Waals surface area contributed by atoms with Gasteiger partial charge in [0.25, 0.3) is 0 Å². The molecular formula is C22H30N8O3. The predicted octanol–water partition coefficient (Wildman–Crippen LogP) is 2.20. The maximum Gasteiger partial charge on any atom is 0.409 e. The fraction of sp³-hybridized carbons (Fsp3) is 0.455. The molecule has 4 rings (SSSR count). The number of rotatable bonds is 7. The van der Waals surface area contributed by atoms with Crippen molar-refractivity contribution in [1.82, 2.24) is 29.5 Å². The SMILES string of the molecule is COc1cc(-c2nn(CCN3CCC(N(C)C)CC3)c3ncnc(N)c23)ccc1NC(=O)O. The minimum Gasteiger partial charge on any atom is -0.495 e. The van der Waals surface area contributed by atoms with E-state index in [1.807, 2.05) is 4.68 Å². The summed E-state index contributed by atoms with van der Waals surface area (Å²) in [6.07, 6.45) is 2.60. The Morgan fingerprint density at radius 3 is 2.70 bits per heavy atom. The average molecular weight is 455 g/mol. The highest BCUT2D eigenvalue weighted by atomic mass is 16.5. The van der Waals surface area contributed by atoms with Crippen LogP contribution in [-0.4, -0.2) is 87.6 Å². The second-order valence-electron chi connectivity index (χ2n) is 8.41. The quantitative estimate of drug-likeness (QED) is 0.491. The highest BCUT2D eigenvalue weighted by molar-refractivity contribution is 5.99. The number of methoxy groups -OCH3 is 1. The molecule has 11 nitrogen and oxygen atoms in total. The largest absolute Gasteiger partial charge is 0.495 e. The first-order valence-corrected chi connectivity index (χ1v) is 10.9. The Bertz CT molecular complexity index is 1140. The van der Waals surface area contributed by atoms with Gasteiger partial charge in [-0.05, 0) is 52.2 Å². The van der Waals surface area contributed by atoms with Crippen LogP contribution in [0.3, 0.4) is 0 Å². The van der Waals surface area contributed by atoms with Crippen molar-refractivity contribution in [2.75, 3.05) is 51.9 Å². The number of benzene rings is 1. The summed E-state index contributed by atoms with van der Waals surface area (Å²) < 4.78 is 7.25. The standard InChI is InChI=1S/C22H30N8O3/c1-28(2)15-6-8-29(9-7-15)10-11-30-21-18(20(23)24-13-25-21)19(27-30)14-4-5-16(26-22(31)32)17(12-14)33-3/h4-5,12-13,15,26H,6-11H2,1-3H3,(H,31,32)(H2,23,24,25). The van der Waals surface area contributed by atoms with E-state index in [0.29, 0.717) is 46.6 Å². The molecule has 3 aromatic rings. The molecule has 1 fully saturated rings. The fourth-order valence-corrected chi connectivity index (χ4v) is 4.34. The highest BCUT2D eigenvalue weighted by Gasteiger charge is 2.22. The number of nitrogens with zero attached hydrogens (tertiary/aromatic N) is 6. The van der Waals surface area contributed by atoms with E-state index >= 15 is 0 Å². The number of hydrogen-bond donors (Lipinski definition) is 3. The third-order valence-corrected chi connectivity index (χ3v) is 6.19. The highest BCUT2D eigenvalue weighted by Crippen LogP contribution is 2.35. The van der Waals surface area contributed by atoms with Crippen LogP contribution in [0.4, 0.5) is 16.3 Å². The van der Waals surface area contributed by atoms with Gasteiger partial charge in [-0.3, -0.25) is 5.32 Å². The van der Waals surface area contributed by atoms with Crippen LogP contribution in [0.15, 0.2) is 24.5 Å². The van der Waals surface area contributed by atoms with E-state index in [1.54, 1.807) is 18.2 Å². The molecule has 0 saturated carbocycles. The van der Waals surface area contributed by atoms with Crippen molar-refractivity contribution in [3.63, 3.8) is 0 Å². The first kappa shape index (κ1) is 22.7. The molecule has 1 saturated heterocycles. The maximum atomic E-state index is 11.0. The van der Waals surface area contributed by atoms with E-state index < -0.39 is 6.09 Å². The summed E-state index contributed by atoms with van der Waals surface area (Å²) in [7, 11) is 5.77. The van der Waals surface area contributed by atoms with Gasteiger partial charge < -0.3 is 25.4 Å². The molecule has 1 aliphatic heterocycles. The van der Waals surface area contributed by atoms with E-state index in [0.717, 1.165) is 38.0 Å². The van der Waals surface area contributed by atoms with Crippen molar-refractivity contribution in [2.45, 2.75) is 25.4 Å². The van der Waals surface area contributed by atoms with E-state index in [-0.39, 0.29) is 0 Å². The number of anilines is 2. The molecule has 2 aromatic heterocycles. The third kappa shape index (κ3) is 4.83. The molecule has 176 valence electrons. The van der Waals surface area contributed by atoms with Crippen molar-refractivity contribution in [3.8, 4) is 17.0 Å². The van der Waals surface area contributed by atoms with Gasteiger partial charge in [0, 0.05) is 18.2 Å². The first-order chi connectivity index (χ1) is 15.9. The number of likely N-dealkylation sites (tertiary alicyclic amines) is 1. The Labute approximate surface area is 192 Å². The Kier molecular flexibility index (Phi) is 6.61. The summed E-state index contributed by atoms with van der Waals surface area (Å²) in [5.74, 6) is 0.733. The summed E-state index contributed by atoms with van der Waals surface area (Å²) >= 11 is 0. The number of nitrogens with two attached hydrogens (primary N) is 1. The number of aromatic nitrogens is 4. The number of carboxylic acid groups (broad SMARTS) is 1.